The van der Waals surface area contributed by atoms with Crippen LogP contribution in [0.1, 0.15) is 16.8 Å². The smallest absolute Gasteiger partial charge is 0.236 e. The van der Waals surface area contributed by atoms with E-state index in [-0.39, 0.29) is 11.2 Å². The number of nitrogens with zero attached hydrogens (tertiary/aromatic N) is 3. The minimum Gasteiger partial charge on any atom is -0.382 e. The molecular weight excluding hydrogens is 296 g/mol. The van der Waals surface area contributed by atoms with Crippen LogP contribution in [0.15, 0.2) is 35.2 Å². The summed E-state index contributed by atoms with van der Waals surface area (Å²) in [4.78, 5) is 16.0. The van der Waals surface area contributed by atoms with E-state index in [0.717, 1.165) is 24.1 Å². The molecule has 1 amide bonds. The first kappa shape index (κ1) is 13.6. The number of thioether (sulfide) groups is 1. The van der Waals surface area contributed by atoms with Gasteiger partial charge in [-0.3, -0.25) is 4.79 Å². The average molecular weight is 312 g/mol. The van der Waals surface area contributed by atoms with Crippen molar-refractivity contribution in [3.63, 3.8) is 0 Å². The van der Waals surface area contributed by atoms with Crippen molar-refractivity contribution < 1.29 is 4.79 Å². The van der Waals surface area contributed by atoms with Crippen molar-refractivity contribution in [3.05, 3.63) is 47.2 Å². The van der Waals surface area contributed by atoms with Crippen molar-refractivity contribution in [2.75, 3.05) is 12.3 Å². The molecular formula is C16H16N4OS. The number of anilines is 1. The van der Waals surface area contributed by atoms with Gasteiger partial charge in [0.25, 0.3) is 0 Å². The van der Waals surface area contributed by atoms with Crippen LogP contribution in [0.4, 0.5) is 5.82 Å². The lowest BCUT2D eigenvalue weighted by Gasteiger charge is -2.29. The lowest BCUT2D eigenvalue weighted by Crippen LogP contribution is -2.41. The van der Waals surface area contributed by atoms with Crippen LogP contribution in [0.3, 0.4) is 0 Å². The highest BCUT2D eigenvalue weighted by Gasteiger charge is 2.33. The molecule has 1 atom stereocenters. The predicted octanol–water partition coefficient (Wildman–Crippen LogP) is 1.66. The van der Waals surface area contributed by atoms with Gasteiger partial charge in [-0.15, -0.1) is 16.9 Å². The van der Waals surface area contributed by atoms with E-state index in [1.165, 1.54) is 10.5 Å². The Balaban J connectivity index is 1.51. The molecule has 2 N–H and O–H groups in total. The van der Waals surface area contributed by atoms with E-state index >= 15 is 0 Å². The van der Waals surface area contributed by atoms with Gasteiger partial charge in [0.15, 0.2) is 0 Å². The third kappa shape index (κ3) is 2.33. The minimum atomic E-state index is -0.00825. The zero-order valence-electron chi connectivity index (χ0n) is 12.0. The number of nitrogens with two attached hydrogens (primary N) is 1. The highest BCUT2D eigenvalue weighted by molar-refractivity contribution is 8.01. The molecule has 0 spiro atoms. The summed E-state index contributed by atoms with van der Waals surface area (Å²) in [5.41, 5.74) is 8.96. The molecule has 4 rings (SSSR count). The summed E-state index contributed by atoms with van der Waals surface area (Å²) in [6.07, 6.45) is 1.57. The third-order valence-electron chi connectivity index (χ3n) is 4.19. The van der Waals surface area contributed by atoms with E-state index in [2.05, 4.69) is 22.3 Å². The Labute approximate surface area is 132 Å². The van der Waals surface area contributed by atoms with Gasteiger partial charge in [0.2, 0.25) is 5.91 Å². The van der Waals surface area contributed by atoms with Crippen molar-refractivity contribution >= 4 is 23.5 Å². The molecule has 1 aromatic heterocycles. The first-order valence-corrected chi connectivity index (χ1v) is 8.23. The van der Waals surface area contributed by atoms with Crippen LogP contribution in [0.5, 0.6) is 0 Å². The molecule has 112 valence electrons. The summed E-state index contributed by atoms with van der Waals surface area (Å²) in [7, 11) is 0. The Hall–Kier alpha value is -2.08. The number of benzene rings is 1. The summed E-state index contributed by atoms with van der Waals surface area (Å²) in [5.74, 6) is 0.623. The molecule has 1 unspecified atom stereocenters. The molecule has 2 aromatic rings. The molecule has 0 aliphatic carbocycles. The maximum atomic E-state index is 12.8. The van der Waals surface area contributed by atoms with Crippen LogP contribution in [-0.4, -0.2) is 32.8 Å². The summed E-state index contributed by atoms with van der Waals surface area (Å²) in [5, 5.41) is 8.00. The molecule has 0 saturated carbocycles. The fraction of sp³-hybridized carbons (Fsp3) is 0.312. The highest BCUT2D eigenvalue weighted by Crippen LogP contribution is 2.38. The van der Waals surface area contributed by atoms with Crippen LogP contribution < -0.4 is 5.73 Å². The van der Waals surface area contributed by atoms with E-state index in [9.17, 15) is 4.79 Å². The van der Waals surface area contributed by atoms with Crippen LogP contribution in [0.25, 0.3) is 0 Å². The molecule has 1 aromatic carbocycles. The van der Waals surface area contributed by atoms with E-state index < -0.39 is 0 Å². The number of carbonyl (C=O) groups excluding carboxylic acids is 1. The van der Waals surface area contributed by atoms with Crippen molar-refractivity contribution in [1.29, 1.82) is 0 Å². The molecule has 22 heavy (non-hydrogen) atoms. The Bertz CT molecular complexity index is 724. The Kier molecular flexibility index (Phi) is 3.26. The van der Waals surface area contributed by atoms with Crippen LogP contribution in [0, 0.1) is 0 Å². The third-order valence-corrected chi connectivity index (χ3v) is 5.50. The number of carbonyl (C=O) groups is 1. The van der Waals surface area contributed by atoms with Gasteiger partial charge in [-0.2, -0.15) is 5.10 Å². The number of rotatable bonds is 1. The van der Waals surface area contributed by atoms with Crippen molar-refractivity contribution in [2.45, 2.75) is 29.5 Å². The topological polar surface area (TPSA) is 72.1 Å². The monoisotopic (exact) mass is 312 g/mol. The van der Waals surface area contributed by atoms with Crippen LogP contribution in [0.2, 0.25) is 0 Å². The van der Waals surface area contributed by atoms with Gasteiger partial charge < -0.3 is 10.6 Å². The lowest BCUT2D eigenvalue weighted by molar-refractivity contribution is -0.131. The van der Waals surface area contributed by atoms with Gasteiger partial charge in [-0.05, 0) is 29.7 Å². The van der Waals surface area contributed by atoms with Gasteiger partial charge in [0.1, 0.15) is 5.82 Å². The maximum absolute atomic E-state index is 12.8. The van der Waals surface area contributed by atoms with Gasteiger partial charge in [-0.1, -0.05) is 18.2 Å². The van der Waals surface area contributed by atoms with Gasteiger partial charge in [0, 0.05) is 24.4 Å². The molecule has 3 heterocycles. The zero-order chi connectivity index (χ0) is 15.1. The SMILES string of the molecule is Nc1cc2c(nn1)CCN(C(=O)C1Cc3ccccc3S1)C2. The van der Waals surface area contributed by atoms with E-state index in [1.807, 2.05) is 23.1 Å². The zero-order valence-corrected chi connectivity index (χ0v) is 12.8. The molecule has 2 aliphatic rings. The Morgan fingerprint density at radius 1 is 1.27 bits per heavy atom. The molecule has 0 radical (unpaired) electrons. The molecule has 5 nitrogen and oxygen atoms in total. The summed E-state index contributed by atoms with van der Waals surface area (Å²) >= 11 is 1.68. The first-order valence-electron chi connectivity index (χ1n) is 7.35. The predicted molar refractivity (Wildman–Crippen MR) is 85.4 cm³/mol. The maximum Gasteiger partial charge on any atom is 0.236 e. The molecule has 0 fully saturated rings. The Morgan fingerprint density at radius 2 is 2.14 bits per heavy atom. The number of fused-ring (bicyclic) bond motifs is 2. The largest absolute Gasteiger partial charge is 0.382 e. The van der Waals surface area contributed by atoms with Gasteiger partial charge in [0.05, 0.1) is 10.9 Å². The number of amides is 1. The van der Waals surface area contributed by atoms with Crippen molar-refractivity contribution in [3.8, 4) is 0 Å². The second-order valence-corrected chi connectivity index (χ2v) is 6.91. The fourth-order valence-corrected chi connectivity index (χ4v) is 4.34. The Morgan fingerprint density at radius 3 is 3.00 bits per heavy atom. The van der Waals surface area contributed by atoms with Crippen molar-refractivity contribution in [1.82, 2.24) is 15.1 Å². The molecule has 2 aliphatic heterocycles. The highest BCUT2D eigenvalue weighted by atomic mass is 32.2. The van der Waals surface area contributed by atoms with Gasteiger partial charge >= 0.3 is 0 Å². The number of nitrogen functional groups attached to an aromatic ring is 1. The second-order valence-electron chi connectivity index (χ2n) is 5.67. The second kappa shape index (κ2) is 5.28. The van der Waals surface area contributed by atoms with Crippen LogP contribution in [-0.2, 0) is 24.2 Å². The van der Waals surface area contributed by atoms with Crippen LogP contribution >= 0.6 is 11.8 Å². The minimum absolute atomic E-state index is 0.00825. The van der Waals surface area contributed by atoms with Gasteiger partial charge in [-0.25, -0.2) is 0 Å². The standard InChI is InChI=1S/C16H16N4OS/c17-15-8-11-9-20(6-5-12(11)18-19-15)16(21)14-7-10-3-1-2-4-13(10)22-14/h1-4,8,14H,5-7,9H2,(H2,17,19). The fourth-order valence-electron chi connectivity index (χ4n) is 3.06. The van der Waals surface area contributed by atoms with E-state index in [0.29, 0.717) is 18.9 Å². The number of hydrogen-bond acceptors (Lipinski definition) is 5. The van der Waals surface area contributed by atoms with E-state index in [4.69, 9.17) is 5.73 Å². The van der Waals surface area contributed by atoms with E-state index in [1.54, 1.807) is 11.8 Å². The molecule has 6 heteroatoms. The van der Waals surface area contributed by atoms with Crippen molar-refractivity contribution in [2.24, 2.45) is 0 Å². The first-order chi connectivity index (χ1) is 10.7. The molecule has 0 bridgehead atoms. The summed E-state index contributed by atoms with van der Waals surface area (Å²) in [6.45, 7) is 1.29. The summed E-state index contributed by atoms with van der Waals surface area (Å²) < 4.78 is 0. The summed E-state index contributed by atoms with van der Waals surface area (Å²) in [6, 6.07) is 10.1. The number of hydrogen-bond donors (Lipinski definition) is 1. The molecule has 0 saturated heterocycles. The lowest BCUT2D eigenvalue weighted by atomic mass is 10.0. The number of aromatic nitrogens is 2. The average Bonchev–Trinajstić information content (AvgIpc) is 2.97. The quantitative estimate of drug-likeness (QED) is 0.867. The normalized spacial score (nSPS) is 19.6.